The van der Waals surface area contributed by atoms with Crippen molar-refractivity contribution in [1.29, 1.82) is 0 Å². The number of unbranched alkanes of at least 4 members (excludes halogenated alkanes) is 11. The lowest BCUT2D eigenvalue weighted by Crippen LogP contribution is -2.56. The Kier molecular flexibility index (Phi) is 15.5. The summed E-state index contributed by atoms with van der Waals surface area (Å²) in [7, 11) is 0. The van der Waals surface area contributed by atoms with Crippen LogP contribution in [0.25, 0.3) is 0 Å². The van der Waals surface area contributed by atoms with Crippen molar-refractivity contribution in [3.63, 3.8) is 0 Å². The fourth-order valence-corrected chi connectivity index (χ4v) is 3.24. The molecular weight excluding hydrogens is 433 g/mol. The molecule has 1 N–H and O–H groups in total. The van der Waals surface area contributed by atoms with Crippen LogP contribution in [0.4, 0.5) is 22.0 Å². The van der Waals surface area contributed by atoms with Crippen LogP contribution in [0.3, 0.4) is 0 Å². The summed E-state index contributed by atoms with van der Waals surface area (Å²) in [5.74, 6) is -9.77. The second-order valence-electron chi connectivity index (χ2n) is 8.47. The van der Waals surface area contributed by atoms with E-state index < -0.39 is 35.9 Å². The third kappa shape index (κ3) is 12.0. The molecule has 1 amide bonds. The van der Waals surface area contributed by atoms with Gasteiger partial charge in [-0.15, -0.1) is 0 Å². The van der Waals surface area contributed by atoms with Gasteiger partial charge < -0.3 is 10.1 Å². The number of hydrogen-bond acceptors (Lipinski definition) is 3. The van der Waals surface area contributed by atoms with Crippen molar-refractivity contribution in [1.82, 2.24) is 5.32 Å². The Bertz CT molecular complexity index is 526. The maximum atomic E-state index is 13.2. The van der Waals surface area contributed by atoms with Gasteiger partial charge in [0.1, 0.15) is 6.04 Å². The van der Waals surface area contributed by atoms with Gasteiger partial charge in [0, 0.05) is 0 Å². The summed E-state index contributed by atoms with van der Waals surface area (Å²) < 4.78 is 68.6. The minimum absolute atomic E-state index is 0.0364. The maximum Gasteiger partial charge on any atom is 0.463 e. The molecule has 32 heavy (non-hydrogen) atoms. The Morgan fingerprint density at radius 1 is 0.781 bits per heavy atom. The van der Waals surface area contributed by atoms with E-state index in [0.29, 0.717) is 6.42 Å². The second-order valence-corrected chi connectivity index (χ2v) is 8.47. The molecule has 190 valence electrons. The van der Waals surface area contributed by atoms with Gasteiger partial charge in [0.05, 0.1) is 6.61 Å². The highest BCUT2D eigenvalue weighted by Gasteiger charge is 2.63. The first kappa shape index (κ1) is 30.6. The molecule has 0 aliphatic heterocycles. The minimum atomic E-state index is -6.03. The molecular formula is C23H40F5NO3. The first-order valence-electron chi connectivity index (χ1n) is 11.9. The van der Waals surface area contributed by atoms with Crippen LogP contribution in [0.1, 0.15) is 104 Å². The Hall–Kier alpha value is -1.41. The molecule has 0 radical (unpaired) electrons. The zero-order valence-electron chi connectivity index (χ0n) is 19.7. The molecule has 0 aromatic carbocycles. The zero-order valence-corrected chi connectivity index (χ0v) is 19.7. The molecule has 9 heteroatoms. The SMILES string of the molecule is CCCCCCCCCCCCCCOC(=O)C(NC(=O)C(F)(F)C(F)(F)F)C(C)CC. The number of amides is 1. The van der Waals surface area contributed by atoms with Crippen molar-refractivity contribution in [2.45, 2.75) is 122 Å². The van der Waals surface area contributed by atoms with Gasteiger partial charge in [-0.05, 0) is 12.3 Å². The molecule has 0 rings (SSSR count). The number of nitrogens with one attached hydrogen (secondary N) is 1. The van der Waals surface area contributed by atoms with Crippen LogP contribution in [0.15, 0.2) is 0 Å². The molecule has 0 spiro atoms. The van der Waals surface area contributed by atoms with Crippen LogP contribution >= 0.6 is 0 Å². The van der Waals surface area contributed by atoms with Crippen molar-refractivity contribution in [3.8, 4) is 0 Å². The summed E-state index contributed by atoms with van der Waals surface area (Å²) in [5, 5.41) is 1.53. The molecule has 0 aliphatic rings. The fraction of sp³-hybridized carbons (Fsp3) is 0.913. The number of alkyl halides is 5. The van der Waals surface area contributed by atoms with Gasteiger partial charge in [-0.25, -0.2) is 4.79 Å². The predicted molar refractivity (Wildman–Crippen MR) is 114 cm³/mol. The van der Waals surface area contributed by atoms with E-state index in [9.17, 15) is 31.5 Å². The molecule has 0 aliphatic carbocycles. The monoisotopic (exact) mass is 473 g/mol. The van der Waals surface area contributed by atoms with E-state index in [4.69, 9.17) is 4.74 Å². The smallest absolute Gasteiger partial charge is 0.463 e. The van der Waals surface area contributed by atoms with Crippen LogP contribution in [0, 0.1) is 5.92 Å². The van der Waals surface area contributed by atoms with E-state index >= 15 is 0 Å². The lowest BCUT2D eigenvalue weighted by Gasteiger charge is -2.26. The molecule has 0 saturated carbocycles. The average molecular weight is 474 g/mol. The van der Waals surface area contributed by atoms with E-state index in [1.165, 1.54) is 57.2 Å². The molecule has 0 fully saturated rings. The fourth-order valence-electron chi connectivity index (χ4n) is 3.24. The van der Waals surface area contributed by atoms with Crippen LogP contribution in [-0.4, -0.2) is 36.6 Å². The number of rotatable bonds is 18. The molecule has 0 bridgehead atoms. The summed E-state index contributed by atoms with van der Waals surface area (Å²) in [6.45, 7) is 5.34. The normalized spacial score (nSPS) is 14.1. The number of esters is 1. The van der Waals surface area contributed by atoms with Gasteiger partial charge in [0.15, 0.2) is 0 Å². The van der Waals surface area contributed by atoms with Gasteiger partial charge >= 0.3 is 24.0 Å². The molecule has 2 unspecified atom stereocenters. The number of ether oxygens (including phenoxy) is 1. The highest BCUT2D eigenvalue weighted by molar-refractivity contribution is 5.89. The van der Waals surface area contributed by atoms with Crippen LogP contribution in [0.5, 0.6) is 0 Å². The molecule has 0 heterocycles. The van der Waals surface area contributed by atoms with Gasteiger partial charge in [-0.2, -0.15) is 22.0 Å². The highest BCUT2D eigenvalue weighted by atomic mass is 19.4. The molecule has 0 aromatic heterocycles. The van der Waals surface area contributed by atoms with Crippen molar-refractivity contribution in [2.24, 2.45) is 5.92 Å². The van der Waals surface area contributed by atoms with E-state index in [2.05, 4.69) is 6.92 Å². The minimum Gasteiger partial charge on any atom is -0.464 e. The van der Waals surface area contributed by atoms with E-state index in [1.54, 1.807) is 6.92 Å². The van der Waals surface area contributed by atoms with Gasteiger partial charge in [0.2, 0.25) is 0 Å². The van der Waals surface area contributed by atoms with Crippen LogP contribution < -0.4 is 5.32 Å². The summed E-state index contributed by atoms with van der Waals surface area (Å²) in [6, 6.07) is -1.56. The molecule has 0 aromatic rings. The van der Waals surface area contributed by atoms with E-state index in [1.807, 2.05) is 0 Å². The van der Waals surface area contributed by atoms with Gasteiger partial charge in [-0.1, -0.05) is 97.8 Å². The first-order valence-corrected chi connectivity index (χ1v) is 11.9. The summed E-state index contributed by atoms with van der Waals surface area (Å²) in [5.41, 5.74) is 0. The summed E-state index contributed by atoms with van der Waals surface area (Å²) >= 11 is 0. The quantitative estimate of drug-likeness (QED) is 0.133. The van der Waals surface area contributed by atoms with Crippen molar-refractivity contribution >= 4 is 11.9 Å². The third-order valence-electron chi connectivity index (χ3n) is 5.64. The molecule has 0 saturated heterocycles. The number of carbonyl (C=O) groups excluding carboxylic acids is 2. The number of halogens is 5. The highest BCUT2D eigenvalue weighted by Crippen LogP contribution is 2.35. The third-order valence-corrected chi connectivity index (χ3v) is 5.64. The Labute approximate surface area is 189 Å². The maximum absolute atomic E-state index is 13.2. The standard InChI is InChI=1S/C23H40F5NO3/c1-4-6-7-8-9-10-11-12-13-14-15-16-17-32-20(30)19(18(3)5-2)29-21(31)22(24,25)23(26,27)28/h18-19H,4-17H2,1-3H3,(H,29,31). The lowest BCUT2D eigenvalue weighted by atomic mass is 9.99. The van der Waals surface area contributed by atoms with Crippen molar-refractivity contribution in [2.75, 3.05) is 6.61 Å². The Balaban J connectivity index is 4.16. The zero-order chi connectivity index (χ0) is 24.6. The number of carbonyl (C=O) groups is 2. The summed E-state index contributed by atoms with van der Waals surface area (Å²) in [6.07, 6.45) is 7.76. The topological polar surface area (TPSA) is 55.4 Å². The number of hydrogen-bond donors (Lipinski definition) is 1. The van der Waals surface area contributed by atoms with Crippen molar-refractivity contribution in [3.05, 3.63) is 0 Å². The molecule has 2 atom stereocenters. The molecule has 4 nitrogen and oxygen atoms in total. The summed E-state index contributed by atoms with van der Waals surface area (Å²) in [4.78, 5) is 23.6. The van der Waals surface area contributed by atoms with E-state index in [0.717, 1.165) is 25.7 Å². The largest absolute Gasteiger partial charge is 0.464 e. The van der Waals surface area contributed by atoms with Crippen LogP contribution in [-0.2, 0) is 14.3 Å². The lowest BCUT2D eigenvalue weighted by molar-refractivity contribution is -0.270. The predicted octanol–water partition coefficient (Wildman–Crippen LogP) is 6.96. The average Bonchev–Trinajstić information content (AvgIpc) is 2.73. The van der Waals surface area contributed by atoms with Crippen LogP contribution in [0.2, 0.25) is 0 Å². The first-order chi connectivity index (χ1) is 15.0. The van der Waals surface area contributed by atoms with E-state index in [-0.39, 0.29) is 13.0 Å². The second kappa shape index (κ2) is 16.2. The van der Waals surface area contributed by atoms with Crippen molar-refractivity contribution < 1.29 is 36.3 Å². The Morgan fingerprint density at radius 2 is 1.22 bits per heavy atom. The Morgan fingerprint density at radius 3 is 1.62 bits per heavy atom. The van der Waals surface area contributed by atoms with Gasteiger partial charge in [0.25, 0.3) is 0 Å². The van der Waals surface area contributed by atoms with Gasteiger partial charge in [-0.3, -0.25) is 4.79 Å².